The number of fused-ring (bicyclic) bond motifs is 3. The van der Waals surface area contributed by atoms with Crippen molar-refractivity contribution >= 4 is 27.6 Å². The van der Waals surface area contributed by atoms with E-state index in [4.69, 9.17) is 4.98 Å². The molecule has 0 N–H and O–H groups in total. The maximum Gasteiger partial charge on any atom is 0.147 e. The molecule has 128 valence electrons. The van der Waals surface area contributed by atoms with E-state index in [-0.39, 0.29) is 0 Å². The van der Waals surface area contributed by atoms with Gasteiger partial charge in [0.05, 0.1) is 23.3 Å². The molecular formula is C22H20N4. The highest BCUT2D eigenvalue weighted by molar-refractivity contribution is 6.14. The summed E-state index contributed by atoms with van der Waals surface area (Å²) in [6.07, 6.45) is 6.25. The van der Waals surface area contributed by atoms with E-state index < -0.39 is 0 Å². The summed E-state index contributed by atoms with van der Waals surface area (Å²) in [7, 11) is 2.09. The van der Waals surface area contributed by atoms with Gasteiger partial charge < -0.3 is 9.80 Å². The Morgan fingerprint density at radius 2 is 1.69 bits per heavy atom. The minimum atomic E-state index is 0.852. The predicted molar refractivity (Wildman–Crippen MR) is 108 cm³/mol. The summed E-state index contributed by atoms with van der Waals surface area (Å²) in [5.41, 5.74) is 5.75. The van der Waals surface area contributed by atoms with Crippen LogP contribution in [0.4, 0.5) is 5.69 Å². The quantitative estimate of drug-likeness (QED) is 0.530. The Balaban J connectivity index is 1.91. The first-order valence-electron chi connectivity index (χ1n) is 8.83. The zero-order valence-electron chi connectivity index (χ0n) is 14.9. The standard InChI is InChI=1S/C22H20N4/c1-16-14-23-22-20(21(16)25-13-12-24(2)15-25)18-10-6-7-11-19(18)26(22)17-8-4-3-5-9-17/h3-14H,15H2,1-2H3. The minimum Gasteiger partial charge on any atom is -0.361 e. The van der Waals surface area contributed by atoms with Gasteiger partial charge in [-0.2, -0.15) is 0 Å². The van der Waals surface area contributed by atoms with Gasteiger partial charge in [-0.25, -0.2) is 4.98 Å². The highest BCUT2D eigenvalue weighted by Crippen LogP contribution is 2.39. The maximum absolute atomic E-state index is 4.84. The second-order valence-corrected chi connectivity index (χ2v) is 6.84. The molecule has 0 aliphatic carbocycles. The van der Waals surface area contributed by atoms with E-state index in [9.17, 15) is 0 Å². The van der Waals surface area contributed by atoms with E-state index in [2.05, 4.69) is 89.3 Å². The van der Waals surface area contributed by atoms with Gasteiger partial charge in [-0.05, 0) is 30.7 Å². The number of hydrogen-bond acceptors (Lipinski definition) is 3. The minimum absolute atomic E-state index is 0.852. The van der Waals surface area contributed by atoms with Crippen LogP contribution in [0, 0.1) is 6.92 Å². The van der Waals surface area contributed by atoms with Gasteiger partial charge in [0.1, 0.15) is 5.65 Å². The van der Waals surface area contributed by atoms with Gasteiger partial charge in [-0.3, -0.25) is 4.57 Å². The van der Waals surface area contributed by atoms with Crippen LogP contribution in [-0.2, 0) is 0 Å². The number of benzene rings is 2. The van der Waals surface area contributed by atoms with Gasteiger partial charge in [0, 0.05) is 36.7 Å². The summed E-state index contributed by atoms with van der Waals surface area (Å²) in [6, 6.07) is 19.0. The third-order valence-corrected chi connectivity index (χ3v) is 5.02. The fourth-order valence-electron chi connectivity index (χ4n) is 3.88. The second kappa shape index (κ2) is 5.63. The Morgan fingerprint density at radius 1 is 0.923 bits per heavy atom. The maximum atomic E-state index is 4.84. The van der Waals surface area contributed by atoms with Crippen molar-refractivity contribution in [2.75, 3.05) is 18.6 Å². The van der Waals surface area contributed by atoms with Crippen molar-refractivity contribution in [2.45, 2.75) is 6.92 Å². The normalized spacial score (nSPS) is 14.1. The van der Waals surface area contributed by atoms with Gasteiger partial charge in [0.2, 0.25) is 0 Å². The monoisotopic (exact) mass is 340 g/mol. The van der Waals surface area contributed by atoms with Crippen molar-refractivity contribution in [3.8, 4) is 5.69 Å². The summed E-state index contributed by atoms with van der Waals surface area (Å²) in [5.74, 6) is 0. The van der Waals surface area contributed by atoms with Crippen LogP contribution in [0.15, 0.2) is 73.2 Å². The molecule has 0 bridgehead atoms. The average molecular weight is 340 g/mol. The molecule has 0 radical (unpaired) electrons. The van der Waals surface area contributed by atoms with Crippen molar-refractivity contribution < 1.29 is 0 Å². The molecule has 4 heteroatoms. The first-order valence-corrected chi connectivity index (χ1v) is 8.83. The van der Waals surface area contributed by atoms with E-state index in [0.717, 1.165) is 18.0 Å². The first-order chi connectivity index (χ1) is 12.7. The summed E-state index contributed by atoms with van der Waals surface area (Å²) in [6.45, 7) is 2.99. The molecule has 5 rings (SSSR count). The summed E-state index contributed by atoms with van der Waals surface area (Å²) < 4.78 is 2.26. The molecule has 4 nitrogen and oxygen atoms in total. The molecule has 0 spiro atoms. The Bertz CT molecular complexity index is 1140. The molecule has 2 aromatic heterocycles. The lowest BCUT2D eigenvalue weighted by Gasteiger charge is -2.21. The lowest BCUT2D eigenvalue weighted by molar-refractivity contribution is 0.496. The van der Waals surface area contributed by atoms with Crippen LogP contribution < -0.4 is 4.90 Å². The lowest BCUT2D eigenvalue weighted by atomic mass is 10.1. The van der Waals surface area contributed by atoms with E-state index in [1.807, 2.05) is 12.3 Å². The highest BCUT2D eigenvalue weighted by atomic mass is 15.3. The fourth-order valence-corrected chi connectivity index (χ4v) is 3.88. The topological polar surface area (TPSA) is 24.3 Å². The Morgan fingerprint density at radius 3 is 2.46 bits per heavy atom. The molecule has 0 saturated heterocycles. The van der Waals surface area contributed by atoms with Crippen molar-refractivity contribution in [3.05, 3.63) is 78.8 Å². The van der Waals surface area contributed by atoms with Crippen LogP contribution in [0.25, 0.3) is 27.6 Å². The Kier molecular flexibility index (Phi) is 3.25. The molecule has 1 aliphatic rings. The number of hydrogen-bond donors (Lipinski definition) is 0. The molecule has 0 saturated carbocycles. The molecule has 26 heavy (non-hydrogen) atoms. The molecule has 4 aromatic rings. The lowest BCUT2D eigenvalue weighted by Crippen LogP contribution is -2.22. The molecule has 0 atom stereocenters. The van der Waals surface area contributed by atoms with Gasteiger partial charge in [-0.15, -0.1) is 0 Å². The third-order valence-electron chi connectivity index (χ3n) is 5.02. The van der Waals surface area contributed by atoms with Crippen LogP contribution in [0.1, 0.15) is 5.56 Å². The summed E-state index contributed by atoms with van der Waals surface area (Å²) in [5, 5.41) is 2.45. The zero-order valence-corrected chi connectivity index (χ0v) is 14.9. The third kappa shape index (κ3) is 2.12. The van der Waals surface area contributed by atoms with Crippen LogP contribution in [0.5, 0.6) is 0 Å². The number of para-hydroxylation sites is 2. The average Bonchev–Trinajstić information content (AvgIpc) is 3.24. The molecule has 0 unspecified atom stereocenters. The second-order valence-electron chi connectivity index (χ2n) is 6.84. The smallest absolute Gasteiger partial charge is 0.147 e. The largest absolute Gasteiger partial charge is 0.361 e. The van der Waals surface area contributed by atoms with Crippen LogP contribution in [-0.4, -0.2) is 28.2 Å². The van der Waals surface area contributed by atoms with Gasteiger partial charge >= 0.3 is 0 Å². The number of pyridine rings is 1. The molecule has 0 amide bonds. The van der Waals surface area contributed by atoms with Gasteiger partial charge in [0.25, 0.3) is 0 Å². The predicted octanol–water partition coefficient (Wildman–Crippen LogP) is 4.67. The van der Waals surface area contributed by atoms with Gasteiger partial charge in [-0.1, -0.05) is 36.4 Å². The molecular weight excluding hydrogens is 320 g/mol. The van der Waals surface area contributed by atoms with Crippen molar-refractivity contribution in [1.82, 2.24) is 14.5 Å². The summed E-state index contributed by atoms with van der Waals surface area (Å²) in [4.78, 5) is 9.33. The SMILES string of the molecule is Cc1cnc2c(c1N1C=CN(C)C1)c1ccccc1n2-c1ccccc1. The van der Waals surface area contributed by atoms with Crippen molar-refractivity contribution in [3.63, 3.8) is 0 Å². The van der Waals surface area contributed by atoms with Crippen LogP contribution in [0.3, 0.4) is 0 Å². The zero-order chi connectivity index (χ0) is 17.7. The molecule has 0 fully saturated rings. The van der Waals surface area contributed by atoms with Crippen LogP contribution in [0.2, 0.25) is 0 Å². The van der Waals surface area contributed by atoms with E-state index in [0.29, 0.717) is 0 Å². The fraction of sp³-hybridized carbons (Fsp3) is 0.136. The molecule has 1 aliphatic heterocycles. The molecule has 2 aromatic carbocycles. The van der Waals surface area contributed by atoms with Crippen LogP contribution >= 0.6 is 0 Å². The van der Waals surface area contributed by atoms with E-state index in [1.54, 1.807) is 0 Å². The Labute approximate surface area is 152 Å². The number of aromatic nitrogens is 2. The van der Waals surface area contributed by atoms with Crippen molar-refractivity contribution in [1.29, 1.82) is 0 Å². The van der Waals surface area contributed by atoms with E-state index >= 15 is 0 Å². The number of anilines is 1. The number of rotatable bonds is 2. The van der Waals surface area contributed by atoms with Crippen molar-refractivity contribution in [2.24, 2.45) is 0 Å². The first kappa shape index (κ1) is 15.0. The molecule has 3 heterocycles. The highest BCUT2D eigenvalue weighted by Gasteiger charge is 2.22. The van der Waals surface area contributed by atoms with E-state index in [1.165, 1.54) is 27.5 Å². The van der Waals surface area contributed by atoms with Gasteiger partial charge in [0.15, 0.2) is 0 Å². The number of nitrogens with zero attached hydrogens (tertiary/aromatic N) is 4. The Hall–Kier alpha value is -3.27. The number of aryl methyl sites for hydroxylation is 1. The summed E-state index contributed by atoms with van der Waals surface area (Å²) >= 11 is 0.